The second kappa shape index (κ2) is 7.22. The van der Waals surface area contributed by atoms with E-state index in [-0.39, 0.29) is 45.1 Å². The van der Waals surface area contributed by atoms with Crippen LogP contribution in [-0.2, 0) is 4.74 Å². The molecule has 0 aromatic rings. The lowest BCUT2D eigenvalue weighted by Crippen LogP contribution is -2.66. The summed E-state index contributed by atoms with van der Waals surface area (Å²) in [4.78, 5) is 0. The Bertz CT molecular complexity index is 789. The van der Waals surface area contributed by atoms with E-state index in [1.165, 1.54) is 32.1 Å². The number of rotatable bonds is 1. The van der Waals surface area contributed by atoms with Crippen LogP contribution in [0.1, 0.15) is 120 Å². The molecule has 33 heavy (non-hydrogen) atoms. The zero-order valence-electron chi connectivity index (χ0n) is 22.8. The maximum Gasteiger partial charge on any atom is 0.0693 e. The standard InChI is InChI=1S/C30H52O3/c1-25(2)13-9-14-30(8,33-25)19-10-16-29(7)24(19)20(31)18-22-27(5)15-12-23(32)26(3,4)21(27)11-17-28(22,29)6/h19-24,31-32H,9-18H2,1-8H3/t19-,20-,21+,22+,23+,24-,27+,28-,29-,30-/m1/s1. The van der Waals surface area contributed by atoms with Gasteiger partial charge < -0.3 is 14.9 Å². The quantitative estimate of drug-likeness (QED) is 0.455. The van der Waals surface area contributed by atoms with Gasteiger partial charge in [0, 0.05) is 0 Å². The maximum atomic E-state index is 11.9. The highest BCUT2D eigenvalue weighted by Crippen LogP contribution is 2.76. The van der Waals surface area contributed by atoms with E-state index in [2.05, 4.69) is 55.4 Å². The van der Waals surface area contributed by atoms with E-state index >= 15 is 0 Å². The van der Waals surface area contributed by atoms with Crippen LogP contribution < -0.4 is 0 Å². The summed E-state index contributed by atoms with van der Waals surface area (Å²) in [6.07, 6.45) is 10.9. The summed E-state index contributed by atoms with van der Waals surface area (Å²) in [6.45, 7) is 19.2. The molecule has 1 aliphatic heterocycles. The number of fused-ring (bicyclic) bond motifs is 5. The highest BCUT2D eigenvalue weighted by atomic mass is 16.5. The largest absolute Gasteiger partial charge is 0.393 e. The Morgan fingerprint density at radius 3 is 2.03 bits per heavy atom. The summed E-state index contributed by atoms with van der Waals surface area (Å²) in [5.41, 5.74) is 0.392. The molecule has 0 amide bonds. The van der Waals surface area contributed by atoms with Crippen molar-refractivity contribution in [1.82, 2.24) is 0 Å². The molecule has 5 aliphatic rings. The Kier molecular flexibility index (Phi) is 5.38. The van der Waals surface area contributed by atoms with Gasteiger partial charge in [0.15, 0.2) is 0 Å². The van der Waals surface area contributed by atoms with Crippen molar-refractivity contribution in [3.05, 3.63) is 0 Å². The molecule has 4 aliphatic carbocycles. The molecule has 4 saturated carbocycles. The molecule has 3 heteroatoms. The maximum absolute atomic E-state index is 11.9. The first kappa shape index (κ1) is 24.6. The summed E-state index contributed by atoms with van der Waals surface area (Å²) in [5.74, 6) is 1.85. The van der Waals surface area contributed by atoms with Crippen LogP contribution in [0.15, 0.2) is 0 Å². The second-order valence-corrected chi connectivity index (χ2v) is 15.4. The van der Waals surface area contributed by atoms with Crippen LogP contribution in [0.25, 0.3) is 0 Å². The van der Waals surface area contributed by atoms with Gasteiger partial charge in [0.1, 0.15) is 0 Å². The third-order valence-electron chi connectivity index (χ3n) is 13.1. The zero-order chi connectivity index (χ0) is 24.2. The van der Waals surface area contributed by atoms with Crippen LogP contribution in [0.4, 0.5) is 0 Å². The fourth-order valence-corrected chi connectivity index (χ4v) is 11.3. The monoisotopic (exact) mass is 460 g/mol. The predicted octanol–water partition coefficient (Wildman–Crippen LogP) is 6.74. The predicted molar refractivity (Wildman–Crippen MR) is 134 cm³/mol. The van der Waals surface area contributed by atoms with E-state index in [1.807, 2.05) is 0 Å². The van der Waals surface area contributed by atoms with Crippen molar-refractivity contribution in [2.45, 2.75) is 143 Å². The zero-order valence-corrected chi connectivity index (χ0v) is 22.8. The third kappa shape index (κ3) is 3.16. The van der Waals surface area contributed by atoms with Crippen LogP contribution >= 0.6 is 0 Å². The highest BCUT2D eigenvalue weighted by Gasteiger charge is 2.71. The highest BCUT2D eigenvalue weighted by molar-refractivity contribution is 5.20. The van der Waals surface area contributed by atoms with Crippen molar-refractivity contribution in [2.75, 3.05) is 0 Å². The Labute approximate surface area is 203 Å². The summed E-state index contributed by atoms with van der Waals surface area (Å²) in [7, 11) is 0. The molecule has 2 N–H and O–H groups in total. The van der Waals surface area contributed by atoms with E-state index in [9.17, 15) is 10.2 Å². The molecule has 190 valence electrons. The van der Waals surface area contributed by atoms with Crippen molar-refractivity contribution in [3.8, 4) is 0 Å². The molecule has 10 atom stereocenters. The van der Waals surface area contributed by atoms with Gasteiger partial charge in [0.2, 0.25) is 0 Å². The Balaban J connectivity index is 1.51. The number of aliphatic hydroxyl groups is 2. The van der Waals surface area contributed by atoms with Gasteiger partial charge in [-0.15, -0.1) is 0 Å². The van der Waals surface area contributed by atoms with Gasteiger partial charge >= 0.3 is 0 Å². The molecular weight excluding hydrogens is 408 g/mol. The van der Waals surface area contributed by atoms with Crippen LogP contribution in [0.3, 0.4) is 0 Å². The summed E-state index contributed by atoms with van der Waals surface area (Å²) < 4.78 is 6.86. The first-order valence-corrected chi connectivity index (χ1v) is 14.2. The number of ether oxygens (including phenoxy) is 1. The fourth-order valence-electron chi connectivity index (χ4n) is 11.3. The van der Waals surface area contributed by atoms with E-state index in [0.717, 1.165) is 32.1 Å². The molecule has 5 rings (SSSR count). The number of aliphatic hydroxyl groups excluding tert-OH is 2. The summed E-state index contributed by atoms with van der Waals surface area (Å²) in [6, 6.07) is 0. The van der Waals surface area contributed by atoms with Crippen molar-refractivity contribution < 1.29 is 14.9 Å². The van der Waals surface area contributed by atoms with Crippen molar-refractivity contribution in [1.29, 1.82) is 0 Å². The van der Waals surface area contributed by atoms with Crippen LogP contribution in [-0.4, -0.2) is 33.6 Å². The topological polar surface area (TPSA) is 49.7 Å². The molecule has 1 heterocycles. The smallest absolute Gasteiger partial charge is 0.0693 e. The van der Waals surface area contributed by atoms with Gasteiger partial charge in [-0.2, -0.15) is 0 Å². The van der Waals surface area contributed by atoms with Crippen LogP contribution in [0.5, 0.6) is 0 Å². The SMILES string of the molecule is CC1(C)CCC[C@](C)([C@@H]2CC[C@]3(C)[C@H]2[C@H](O)C[C@H]2[C@@]4(C)CC[C@H](O)C(C)(C)[C@@H]4CC[C@]23C)O1. The molecular formula is C30H52O3. The van der Waals surface area contributed by atoms with Crippen molar-refractivity contribution in [3.63, 3.8) is 0 Å². The normalized spacial score (nSPS) is 57.6. The fraction of sp³-hybridized carbons (Fsp3) is 1.00. The minimum absolute atomic E-state index is 0.0375. The molecule has 0 unspecified atom stereocenters. The molecule has 0 aromatic carbocycles. The second-order valence-electron chi connectivity index (χ2n) is 15.4. The van der Waals surface area contributed by atoms with E-state index in [0.29, 0.717) is 23.7 Å². The minimum Gasteiger partial charge on any atom is -0.393 e. The number of hydrogen-bond acceptors (Lipinski definition) is 3. The molecule has 0 bridgehead atoms. The summed E-state index contributed by atoms with van der Waals surface area (Å²) in [5, 5.41) is 22.8. The van der Waals surface area contributed by atoms with Gasteiger partial charge in [0.05, 0.1) is 23.4 Å². The molecule has 0 aromatic heterocycles. The molecule has 0 radical (unpaired) electrons. The van der Waals surface area contributed by atoms with Crippen molar-refractivity contribution in [2.24, 2.45) is 45.3 Å². The lowest BCUT2D eigenvalue weighted by atomic mass is 9.35. The third-order valence-corrected chi connectivity index (χ3v) is 13.1. The molecule has 5 fully saturated rings. The van der Waals surface area contributed by atoms with Crippen LogP contribution in [0, 0.1) is 45.3 Å². The van der Waals surface area contributed by atoms with Crippen molar-refractivity contribution >= 4 is 0 Å². The van der Waals surface area contributed by atoms with Gasteiger partial charge in [0.25, 0.3) is 0 Å². The van der Waals surface area contributed by atoms with Gasteiger partial charge in [-0.1, -0.05) is 34.6 Å². The van der Waals surface area contributed by atoms with E-state index in [1.54, 1.807) is 0 Å². The lowest BCUT2D eigenvalue weighted by molar-refractivity contribution is -0.257. The average molecular weight is 461 g/mol. The average Bonchev–Trinajstić information content (AvgIpc) is 3.07. The molecule has 1 saturated heterocycles. The number of hydrogen-bond donors (Lipinski definition) is 2. The Morgan fingerprint density at radius 1 is 0.697 bits per heavy atom. The van der Waals surface area contributed by atoms with E-state index < -0.39 is 0 Å². The molecule has 0 spiro atoms. The minimum atomic E-state index is -0.239. The lowest BCUT2D eigenvalue weighted by Gasteiger charge is -2.70. The Hall–Kier alpha value is -0.120. The summed E-state index contributed by atoms with van der Waals surface area (Å²) >= 11 is 0. The molecule has 3 nitrogen and oxygen atoms in total. The van der Waals surface area contributed by atoms with E-state index in [4.69, 9.17) is 4.74 Å². The first-order valence-electron chi connectivity index (χ1n) is 14.2. The van der Waals surface area contributed by atoms with Gasteiger partial charge in [-0.05, 0) is 130 Å². The first-order chi connectivity index (χ1) is 15.1. The Morgan fingerprint density at radius 2 is 1.36 bits per heavy atom. The van der Waals surface area contributed by atoms with Crippen LogP contribution in [0.2, 0.25) is 0 Å². The van der Waals surface area contributed by atoms with Gasteiger partial charge in [-0.3, -0.25) is 0 Å². The van der Waals surface area contributed by atoms with Gasteiger partial charge in [-0.25, -0.2) is 0 Å².